The quantitative estimate of drug-likeness (QED) is 0.489. The summed E-state index contributed by atoms with van der Waals surface area (Å²) in [4.78, 5) is 36.5. The molecule has 0 saturated carbocycles. The van der Waals surface area contributed by atoms with E-state index in [0.29, 0.717) is 29.0 Å². The third kappa shape index (κ3) is 4.73. The lowest BCUT2D eigenvalue weighted by Gasteiger charge is -2.34. The number of piperazine rings is 1. The molecule has 2 N–H and O–H groups in total. The van der Waals surface area contributed by atoms with E-state index in [-0.39, 0.29) is 17.2 Å². The first-order chi connectivity index (χ1) is 16.2. The smallest absolute Gasteiger partial charge is 0.276 e. The minimum Gasteiger partial charge on any atom is -0.353 e. The first-order valence-electron chi connectivity index (χ1n) is 10.8. The Labute approximate surface area is 190 Å². The molecule has 3 heterocycles. The van der Waals surface area contributed by atoms with Gasteiger partial charge in [0, 0.05) is 31.9 Å². The lowest BCUT2D eigenvalue weighted by molar-refractivity contribution is 0.102. The molecule has 33 heavy (non-hydrogen) atoms. The van der Waals surface area contributed by atoms with Crippen LogP contribution in [0.4, 0.5) is 11.5 Å². The van der Waals surface area contributed by atoms with Crippen molar-refractivity contribution in [1.29, 1.82) is 0 Å². The van der Waals surface area contributed by atoms with E-state index in [9.17, 15) is 9.59 Å². The Hall–Kier alpha value is -4.11. The van der Waals surface area contributed by atoms with Crippen LogP contribution in [-0.4, -0.2) is 57.2 Å². The predicted octanol–water partition coefficient (Wildman–Crippen LogP) is 2.29. The molecular weight excluding hydrogens is 418 g/mol. The summed E-state index contributed by atoms with van der Waals surface area (Å²) < 4.78 is 0. The van der Waals surface area contributed by atoms with Gasteiger partial charge in [0.25, 0.3) is 11.5 Å². The molecule has 2 aromatic carbocycles. The molecule has 1 fully saturated rings. The number of nitrogens with one attached hydrogen (secondary N) is 2. The van der Waals surface area contributed by atoms with Gasteiger partial charge >= 0.3 is 0 Å². The molecule has 0 aliphatic carbocycles. The molecule has 9 heteroatoms. The van der Waals surface area contributed by atoms with Crippen LogP contribution in [0.25, 0.3) is 10.9 Å². The fourth-order valence-corrected chi connectivity index (χ4v) is 3.89. The summed E-state index contributed by atoms with van der Waals surface area (Å²) in [6, 6.07) is 20.1. The third-order valence-electron chi connectivity index (χ3n) is 5.65. The minimum atomic E-state index is -0.290. The van der Waals surface area contributed by atoms with Crippen molar-refractivity contribution < 1.29 is 4.79 Å². The number of carbonyl (C=O) groups excluding carboxylic acids is 1. The number of benzene rings is 2. The van der Waals surface area contributed by atoms with Crippen LogP contribution in [0.1, 0.15) is 16.3 Å². The zero-order valence-corrected chi connectivity index (χ0v) is 17.9. The Morgan fingerprint density at radius 3 is 2.42 bits per heavy atom. The zero-order valence-electron chi connectivity index (χ0n) is 17.9. The van der Waals surface area contributed by atoms with Crippen LogP contribution in [0, 0.1) is 0 Å². The van der Waals surface area contributed by atoms with E-state index < -0.39 is 0 Å². The highest BCUT2D eigenvalue weighted by molar-refractivity contribution is 6.02. The molecule has 4 aromatic rings. The van der Waals surface area contributed by atoms with E-state index >= 15 is 0 Å². The molecule has 1 aliphatic rings. The Morgan fingerprint density at radius 1 is 0.909 bits per heavy atom. The zero-order chi connectivity index (χ0) is 22.6. The molecule has 5 rings (SSSR count). The van der Waals surface area contributed by atoms with Gasteiger partial charge in [-0.25, -0.2) is 4.98 Å². The van der Waals surface area contributed by atoms with Crippen molar-refractivity contribution in [2.24, 2.45) is 0 Å². The summed E-state index contributed by atoms with van der Waals surface area (Å²) in [6.45, 7) is 3.71. The van der Waals surface area contributed by atoms with E-state index in [1.54, 1.807) is 12.1 Å². The summed E-state index contributed by atoms with van der Waals surface area (Å²) in [5.74, 6) is 1.12. The summed E-state index contributed by atoms with van der Waals surface area (Å²) in [7, 11) is 0. The summed E-state index contributed by atoms with van der Waals surface area (Å²) in [5, 5.41) is 11.8. The summed E-state index contributed by atoms with van der Waals surface area (Å²) in [5.41, 5.74) is 1.58. The average molecular weight is 441 g/mol. The van der Waals surface area contributed by atoms with E-state index in [1.807, 2.05) is 54.6 Å². The number of anilines is 2. The highest BCUT2D eigenvalue weighted by Gasteiger charge is 2.20. The van der Waals surface area contributed by atoms with E-state index in [0.717, 1.165) is 32.0 Å². The first-order valence-corrected chi connectivity index (χ1v) is 10.8. The normalized spacial score (nSPS) is 14.4. The number of hydrogen-bond acceptors (Lipinski definition) is 7. The molecule has 1 saturated heterocycles. The van der Waals surface area contributed by atoms with Gasteiger partial charge in [-0.1, -0.05) is 30.3 Å². The maximum Gasteiger partial charge on any atom is 0.276 e. The topological polar surface area (TPSA) is 107 Å². The van der Waals surface area contributed by atoms with Crippen LogP contribution in [0.5, 0.6) is 0 Å². The van der Waals surface area contributed by atoms with Gasteiger partial charge in [-0.2, -0.15) is 0 Å². The molecule has 166 valence electrons. The number of hydrogen-bond donors (Lipinski definition) is 2. The third-order valence-corrected chi connectivity index (χ3v) is 5.65. The molecule has 0 atom stereocenters. The van der Waals surface area contributed by atoms with Crippen LogP contribution >= 0.6 is 0 Å². The fraction of sp³-hybridized carbons (Fsp3) is 0.208. The Morgan fingerprint density at radius 2 is 1.67 bits per heavy atom. The van der Waals surface area contributed by atoms with E-state index in [2.05, 4.69) is 35.3 Å². The maximum atomic E-state index is 12.4. The molecule has 2 aromatic heterocycles. The molecular formula is C24H23N7O2. The van der Waals surface area contributed by atoms with Crippen molar-refractivity contribution >= 4 is 28.3 Å². The van der Waals surface area contributed by atoms with Gasteiger partial charge in [-0.15, -0.1) is 10.2 Å². The van der Waals surface area contributed by atoms with E-state index in [1.165, 1.54) is 0 Å². The molecule has 9 nitrogen and oxygen atoms in total. The second-order valence-corrected chi connectivity index (χ2v) is 7.89. The van der Waals surface area contributed by atoms with Crippen LogP contribution < -0.4 is 15.8 Å². The van der Waals surface area contributed by atoms with Gasteiger partial charge < -0.3 is 15.2 Å². The van der Waals surface area contributed by atoms with Gasteiger partial charge in [0.05, 0.1) is 17.4 Å². The van der Waals surface area contributed by atoms with Crippen molar-refractivity contribution in [2.45, 2.75) is 6.54 Å². The highest BCUT2D eigenvalue weighted by Crippen LogP contribution is 2.15. The van der Waals surface area contributed by atoms with Crippen molar-refractivity contribution in [2.75, 3.05) is 36.4 Å². The van der Waals surface area contributed by atoms with Crippen molar-refractivity contribution in [3.8, 4) is 0 Å². The molecule has 0 radical (unpaired) electrons. The van der Waals surface area contributed by atoms with Crippen LogP contribution in [0.3, 0.4) is 0 Å². The summed E-state index contributed by atoms with van der Waals surface area (Å²) >= 11 is 0. The number of H-pyrrole nitrogens is 1. The number of amides is 1. The number of aromatic amines is 1. The number of rotatable bonds is 5. The Balaban J connectivity index is 1.18. The van der Waals surface area contributed by atoms with Crippen LogP contribution in [0.15, 0.2) is 71.5 Å². The van der Waals surface area contributed by atoms with Gasteiger partial charge in [0.2, 0.25) is 0 Å². The van der Waals surface area contributed by atoms with Gasteiger partial charge in [-0.3, -0.25) is 14.5 Å². The lowest BCUT2D eigenvalue weighted by Crippen LogP contribution is -2.46. The molecule has 1 aliphatic heterocycles. The second-order valence-electron chi connectivity index (χ2n) is 7.89. The van der Waals surface area contributed by atoms with Crippen LogP contribution in [-0.2, 0) is 6.54 Å². The van der Waals surface area contributed by atoms with E-state index in [4.69, 9.17) is 0 Å². The molecule has 0 spiro atoms. The van der Waals surface area contributed by atoms with Crippen molar-refractivity contribution in [3.63, 3.8) is 0 Å². The van der Waals surface area contributed by atoms with Gasteiger partial charge in [0.1, 0.15) is 5.82 Å². The number of para-hydroxylation sites is 2. The molecule has 1 amide bonds. The maximum absolute atomic E-state index is 12.4. The SMILES string of the molecule is O=C(Nc1ccccc1)c1ccc(N2CCN(Cc3nc4ccccc4c(=O)[nH]3)CC2)nn1. The second kappa shape index (κ2) is 9.17. The monoisotopic (exact) mass is 441 g/mol. The average Bonchev–Trinajstić information content (AvgIpc) is 2.85. The van der Waals surface area contributed by atoms with Crippen molar-refractivity contribution in [1.82, 2.24) is 25.1 Å². The highest BCUT2D eigenvalue weighted by atomic mass is 16.2. The number of aromatic nitrogens is 4. The lowest BCUT2D eigenvalue weighted by atomic mass is 10.2. The number of fused-ring (bicyclic) bond motifs is 1. The van der Waals surface area contributed by atoms with Gasteiger partial charge in [0.15, 0.2) is 11.5 Å². The predicted molar refractivity (Wildman–Crippen MR) is 126 cm³/mol. The number of nitrogens with zero attached hydrogens (tertiary/aromatic N) is 5. The molecule has 0 unspecified atom stereocenters. The standard InChI is InChI=1S/C24H23N7O2/c32-23-18-8-4-5-9-19(18)26-21(27-23)16-30-12-14-31(15-13-30)22-11-10-20(28-29-22)24(33)25-17-6-2-1-3-7-17/h1-11H,12-16H2,(H,25,33)(H,26,27,32). The largest absolute Gasteiger partial charge is 0.353 e. The first kappa shape index (κ1) is 20.8. The Bertz CT molecular complexity index is 1310. The summed E-state index contributed by atoms with van der Waals surface area (Å²) in [6.07, 6.45) is 0. The Kier molecular flexibility index (Phi) is 5.77. The van der Waals surface area contributed by atoms with Crippen molar-refractivity contribution in [3.05, 3.63) is 88.6 Å². The molecule has 0 bridgehead atoms. The van der Waals surface area contributed by atoms with Crippen LogP contribution in [0.2, 0.25) is 0 Å². The fourth-order valence-electron chi connectivity index (χ4n) is 3.89. The minimum absolute atomic E-state index is 0.110. The van der Waals surface area contributed by atoms with Gasteiger partial charge in [-0.05, 0) is 36.4 Å². The number of carbonyl (C=O) groups is 1.